The van der Waals surface area contributed by atoms with Gasteiger partial charge in [0.1, 0.15) is 5.78 Å². The standard InChI is InChI=1S/C11H21NO/c1-9-5-4-6-10(2)12(9)8-7-11(3)13/h9-10H,4-8H2,1-3H3/t9-,10+. The quantitative estimate of drug-likeness (QED) is 0.668. The van der Waals surface area contributed by atoms with Crippen molar-refractivity contribution in [2.45, 2.75) is 58.5 Å². The van der Waals surface area contributed by atoms with Gasteiger partial charge in [-0.1, -0.05) is 6.42 Å². The molecule has 76 valence electrons. The lowest BCUT2D eigenvalue weighted by molar-refractivity contribution is -0.117. The lowest BCUT2D eigenvalue weighted by Crippen LogP contribution is -2.44. The molecule has 0 aromatic carbocycles. The van der Waals surface area contributed by atoms with E-state index in [1.165, 1.54) is 19.3 Å². The molecule has 0 unspecified atom stereocenters. The van der Waals surface area contributed by atoms with Crippen molar-refractivity contribution in [3.8, 4) is 0 Å². The monoisotopic (exact) mass is 183 g/mol. The Morgan fingerprint density at radius 2 is 1.85 bits per heavy atom. The maximum Gasteiger partial charge on any atom is 0.131 e. The highest BCUT2D eigenvalue weighted by Crippen LogP contribution is 2.22. The Morgan fingerprint density at radius 1 is 1.31 bits per heavy atom. The number of carbonyl (C=O) groups excluding carboxylic acids is 1. The van der Waals surface area contributed by atoms with Crippen LogP contribution in [0, 0.1) is 0 Å². The van der Waals surface area contributed by atoms with Crippen LogP contribution in [-0.2, 0) is 4.79 Å². The third kappa shape index (κ3) is 3.11. The molecule has 0 aromatic heterocycles. The van der Waals surface area contributed by atoms with Crippen molar-refractivity contribution in [3.63, 3.8) is 0 Å². The van der Waals surface area contributed by atoms with Crippen LogP contribution in [0.15, 0.2) is 0 Å². The third-order valence-electron chi connectivity index (χ3n) is 3.10. The van der Waals surface area contributed by atoms with Crippen molar-refractivity contribution >= 4 is 5.78 Å². The van der Waals surface area contributed by atoms with Gasteiger partial charge in [-0.2, -0.15) is 0 Å². The zero-order valence-corrected chi connectivity index (χ0v) is 9.05. The predicted octanol–water partition coefficient (Wildman–Crippen LogP) is 2.23. The SMILES string of the molecule is CC(=O)CCN1[C@H](C)CCC[C@@H]1C. The summed E-state index contributed by atoms with van der Waals surface area (Å²) in [6, 6.07) is 1.34. The first-order valence-corrected chi connectivity index (χ1v) is 5.36. The molecule has 1 heterocycles. The van der Waals surface area contributed by atoms with Gasteiger partial charge in [-0.05, 0) is 33.6 Å². The second-order valence-electron chi connectivity index (χ2n) is 4.32. The number of likely N-dealkylation sites (tertiary alicyclic amines) is 1. The van der Waals surface area contributed by atoms with Crippen LogP contribution < -0.4 is 0 Å². The molecule has 0 amide bonds. The minimum absolute atomic E-state index is 0.310. The number of nitrogens with zero attached hydrogens (tertiary/aromatic N) is 1. The summed E-state index contributed by atoms with van der Waals surface area (Å²) in [5.74, 6) is 0.310. The van der Waals surface area contributed by atoms with Gasteiger partial charge in [0, 0.05) is 25.0 Å². The normalized spacial score (nSPS) is 30.4. The summed E-state index contributed by atoms with van der Waals surface area (Å²) < 4.78 is 0. The largest absolute Gasteiger partial charge is 0.300 e. The Kier molecular flexibility index (Phi) is 3.91. The molecule has 1 fully saturated rings. The molecule has 2 atom stereocenters. The molecule has 0 bridgehead atoms. The molecule has 0 saturated carbocycles. The molecule has 0 aliphatic carbocycles. The molecule has 1 saturated heterocycles. The summed E-state index contributed by atoms with van der Waals surface area (Å²) in [4.78, 5) is 13.4. The minimum atomic E-state index is 0.310. The van der Waals surface area contributed by atoms with Gasteiger partial charge in [0.05, 0.1) is 0 Å². The fourth-order valence-electron chi connectivity index (χ4n) is 2.20. The van der Waals surface area contributed by atoms with E-state index in [1.807, 2.05) is 0 Å². The average molecular weight is 183 g/mol. The van der Waals surface area contributed by atoms with Gasteiger partial charge in [-0.3, -0.25) is 9.69 Å². The van der Waals surface area contributed by atoms with Crippen molar-refractivity contribution in [3.05, 3.63) is 0 Å². The van der Waals surface area contributed by atoms with Crippen LogP contribution in [0.2, 0.25) is 0 Å². The number of Topliss-reactive ketones (excluding diaryl/α,β-unsaturated/α-hetero) is 1. The van der Waals surface area contributed by atoms with Crippen molar-refractivity contribution in [1.29, 1.82) is 0 Å². The summed E-state index contributed by atoms with van der Waals surface area (Å²) in [7, 11) is 0. The molecule has 0 N–H and O–H groups in total. The van der Waals surface area contributed by atoms with Crippen LogP contribution in [0.3, 0.4) is 0 Å². The molecule has 0 spiro atoms. The summed E-state index contributed by atoms with van der Waals surface area (Å²) >= 11 is 0. The second kappa shape index (κ2) is 4.75. The minimum Gasteiger partial charge on any atom is -0.300 e. The summed E-state index contributed by atoms with van der Waals surface area (Å²) in [5, 5.41) is 0. The average Bonchev–Trinajstić information content (AvgIpc) is 2.03. The maximum absolute atomic E-state index is 10.9. The van der Waals surface area contributed by atoms with E-state index in [2.05, 4.69) is 18.7 Å². The fraction of sp³-hybridized carbons (Fsp3) is 0.909. The molecule has 2 heteroatoms. The predicted molar refractivity (Wildman–Crippen MR) is 54.8 cm³/mol. The van der Waals surface area contributed by atoms with Gasteiger partial charge < -0.3 is 0 Å². The first kappa shape index (κ1) is 10.7. The van der Waals surface area contributed by atoms with Gasteiger partial charge in [0.25, 0.3) is 0 Å². The molecule has 0 aromatic rings. The van der Waals surface area contributed by atoms with E-state index in [0.29, 0.717) is 24.3 Å². The highest BCUT2D eigenvalue weighted by atomic mass is 16.1. The molecular weight excluding hydrogens is 162 g/mol. The highest BCUT2D eigenvalue weighted by molar-refractivity contribution is 5.75. The molecule has 13 heavy (non-hydrogen) atoms. The van der Waals surface area contributed by atoms with Crippen LogP contribution >= 0.6 is 0 Å². The van der Waals surface area contributed by atoms with Crippen molar-refractivity contribution in [2.75, 3.05) is 6.54 Å². The fourth-order valence-corrected chi connectivity index (χ4v) is 2.20. The maximum atomic E-state index is 10.9. The van der Waals surface area contributed by atoms with Gasteiger partial charge in [0.15, 0.2) is 0 Å². The topological polar surface area (TPSA) is 20.3 Å². The zero-order chi connectivity index (χ0) is 9.84. The van der Waals surface area contributed by atoms with E-state index < -0.39 is 0 Å². The Bertz CT molecular complexity index is 169. The smallest absolute Gasteiger partial charge is 0.131 e. The van der Waals surface area contributed by atoms with Crippen LogP contribution in [0.1, 0.15) is 46.5 Å². The lowest BCUT2D eigenvalue weighted by Gasteiger charge is -2.38. The molecule has 1 aliphatic rings. The number of ketones is 1. The van der Waals surface area contributed by atoms with Crippen LogP contribution in [0.5, 0.6) is 0 Å². The molecular formula is C11H21NO. The number of piperidine rings is 1. The second-order valence-corrected chi connectivity index (χ2v) is 4.32. The number of carbonyl (C=O) groups is 1. The Balaban J connectivity index is 2.39. The summed E-state index contributed by atoms with van der Waals surface area (Å²) in [6.45, 7) is 7.18. The Labute approximate surface area is 81.3 Å². The zero-order valence-electron chi connectivity index (χ0n) is 9.05. The Hall–Kier alpha value is -0.370. The van der Waals surface area contributed by atoms with Gasteiger partial charge >= 0.3 is 0 Å². The van der Waals surface area contributed by atoms with E-state index in [-0.39, 0.29) is 0 Å². The highest BCUT2D eigenvalue weighted by Gasteiger charge is 2.23. The lowest BCUT2D eigenvalue weighted by atomic mass is 9.97. The summed E-state index contributed by atoms with van der Waals surface area (Å²) in [6.07, 6.45) is 4.65. The number of rotatable bonds is 3. The number of hydrogen-bond acceptors (Lipinski definition) is 2. The van der Waals surface area contributed by atoms with Crippen molar-refractivity contribution < 1.29 is 4.79 Å². The first-order valence-electron chi connectivity index (χ1n) is 5.36. The van der Waals surface area contributed by atoms with Crippen LogP contribution in [0.25, 0.3) is 0 Å². The number of hydrogen-bond donors (Lipinski definition) is 0. The molecule has 1 aliphatic heterocycles. The van der Waals surface area contributed by atoms with Gasteiger partial charge in [0.2, 0.25) is 0 Å². The first-order chi connectivity index (χ1) is 6.11. The van der Waals surface area contributed by atoms with E-state index in [1.54, 1.807) is 6.92 Å². The van der Waals surface area contributed by atoms with E-state index >= 15 is 0 Å². The Morgan fingerprint density at radius 3 is 2.31 bits per heavy atom. The van der Waals surface area contributed by atoms with Gasteiger partial charge in [-0.15, -0.1) is 0 Å². The molecule has 2 nitrogen and oxygen atoms in total. The van der Waals surface area contributed by atoms with Crippen LogP contribution in [-0.4, -0.2) is 29.3 Å². The third-order valence-corrected chi connectivity index (χ3v) is 3.10. The van der Waals surface area contributed by atoms with Crippen molar-refractivity contribution in [2.24, 2.45) is 0 Å². The van der Waals surface area contributed by atoms with Crippen molar-refractivity contribution in [1.82, 2.24) is 4.90 Å². The van der Waals surface area contributed by atoms with Gasteiger partial charge in [-0.25, -0.2) is 0 Å². The van der Waals surface area contributed by atoms with E-state index in [0.717, 1.165) is 6.54 Å². The summed E-state index contributed by atoms with van der Waals surface area (Å²) in [5.41, 5.74) is 0. The molecule has 1 rings (SSSR count). The van der Waals surface area contributed by atoms with E-state index in [4.69, 9.17) is 0 Å². The molecule has 0 radical (unpaired) electrons. The van der Waals surface area contributed by atoms with Crippen LogP contribution in [0.4, 0.5) is 0 Å². The van der Waals surface area contributed by atoms with E-state index in [9.17, 15) is 4.79 Å².